The zero-order chi connectivity index (χ0) is 12.3. The van der Waals surface area contributed by atoms with Gasteiger partial charge in [0.25, 0.3) is 0 Å². The van der Waals surface area contributed by atoms with Crippen LogP contribution >= 0.6 is 0 Å². The number of carbonyl (C=O) groups excluding carboxylic acids is 1. The molecule has 1 aromatic rings. The summed E-state index contributed by atoms with van der Waals surface area (Å²) in [5, 5.41) is 0. The maximum atomic E-state index is 11.8. The lowest BCUT2D eigenvalue weighted by molar-refractivity contribution is -0.135. The molecule has 1 amide bonds. The molecule has 0 N–H and O–H groups in total. The third-order valence-electron chi connectivity index (χ3n) is 3.31. The van der Waals surface area contributed by atoms with Crippen molar-refractivity contribution in [2.24, 2.45) is 0 Å². The first-order valence-corrected chi connectivity index (χ1v) is 6.24. The fourth-order valence-corrected chi connectivity index (χ4v) is 2.18. The minimum atomic E-state index is 0.255. The molecule has 1 saturated heterocycles. The standard InChI is InChI=1S/C14H20N2O/c1-3-16-9-8-15(11-14(16)17)10-13-6-4-12(2)5-7-13/h4-7H,3,8-11H2,1-2H3. The molecule has 0 spiro atoms. The zero-order valence-electron chi connectivity index (χ0n) is 10.6. The van der Waals surface area contributed by atoms with Gasteiger partial charge in [0.05, 0.1) is 6.54 Å². The smallest absolute Gasteiger partial charge is 0.236 e. The van der Waals surface area contributed by atoms with Crippen LogP contribution in [-0.2, 0) is 11.3 Å². The molecule has 2 rings (SSSR count). The molecule has 3 nitrogen and oxygen atoms in total. The SMILES string of the molecule is CCN1CCN(Cc2ccc(C)cc2)CC1=O. The van der Waals surface area contributed by atoms with E-state index >= 15 is 0 Å². The molecule has 1 aliphatic heterocycles. The Kier molecular flexibility index (Phi) is 3.79. The molecule has 17 heavy (non-hydrogen) atoms. The topological polar surface area (TPSA) is 23.6 Å². The number of carbonyl (C=O) groups is 1. The van der Waals surface area contributed by atoms with E-state index in [9.17, 15) is 4.79 Å². The Labute approximate surface area is 103 Å². The van der Waals surface area contributed by atoms with E-state index in [1.807, 2.05) is 11.8 Å². The molecule has 0 aromatic heterocycles. The van der Waals surface area contributed by atoms with E-state index in [2.05, 4.69) is 36.1 Å². The monoisotopic (exact) mass is 232 g/mol. The van der Waals surface area contributed by atoms with Crippen LogP contribution in [0.2, 0.25) is 0 Å². The molecule has 1 aliphatic rings. The van der Waals surface area contributed by atoms with Gasteiger partial charge in [-0.3, -0.25) is 9.69 Å². The molecule has 3 heteroatoms. The number of hydrogen-bond acceptors (Lipinski definition) is 2. The van der Waals surface area contributed by atoms with Gasteiger partial charge in [-0.2, -0.15) is 0 Å². The lowest BCUT2D eigenvalue weighted by Gasteiger charge is -2.33. The fourth-order valence-electron chi connectivity index (χ4n) is 2.18. The number of amides is 1. The van der Waals surface area contributed by atoms with Crippen molar-refractivity contribution in [2.45, 2.75) is 20.4 Å². The predicted octanol–water partition coefficient (Wildman–Crippen LogP) is 1.66. The molecule has 0 atom stereocenters. The fraction of sp³-hybridized carbons (Fsp3) is 0.500. The summed E-state index contributed by atoms with van der Waals surface area (Å²) in [5.41, 5.74) is 2.56. The summed E-state index contributed by atoms with van der Waals surface area (Å²) in [7, 11) is 0. The Morgan fingerprint density at radius 3 is 2.47 bits per heavy atom. The summed E-state index contributed by atoms with van der Waals surface area (Å²) in [6.07, 6.45) is 0. The molecule has 92 valence electrons. The maximum Gasteiger partial charge on any atom is 0.236 e. The van der Waals surface area contributed by atoms with Gasteiger partial charge in [0, 0.05) is 26.2 Å². The summed E-state index contributed by atoms with van der Waals surface area (Å²) >= 11 is 0. The van der Waals surface area contributed by atoms with Crippen LogP contribution in [0.1, 0.15) is 18.1 Å². The number of benzene rings is 1. The van der Waals surface area contributed by atoms with Gasteiger partial charge in [-0.1, -0.05) is 29.8 Å². The summed E-state index contributed by atoms with van der Waals surface area (Å²) in [6, 6.07) is 8.54. The van der Waals surface area contributed by atoms with E-state index in [0.717, 1.165) is 26.2 Å². The number of aryl methyl sites for hydroxylation is 1. The van der Waals surface area contributed by atoms with E-state index in [0.29, 0.717) is 6.54 Å². The number of likely N-dealkylation sites (N-methyl/N-ethyl adjacent to an activating group) is 1. The maximum absolute atomic E-state index is 11.8. The Balaban J connectivity index is 1.92. The Hall–Kier alpha value is -1.35. The van der Waals surface area contributed by atoms with Crippen LogP contribution in [0.15, 0.2) is 24.3 Å². The Bertz CT molecular complexity index is 386. The van der Waals surface area contributed by atoms with Gasteiger partial charge in [0.2, 0.25) is 5.91 Å². The number of piperazine rings is 1. The van der Waals surface area contributed by atoms with Crippen molar-refractivity contribution in [3.8, 4) is 0 Å². The van der Waals surface area contributed by atoms with Crippen molar-refractivity contribution >= 4 is 5.91 Å². The van der Waals surface area contributed by atoms with E-state index < -0.39 is 0 Å². The number of hydrogen-bond donors (Lipinski definition) is 0. The van der Waals surface area contributed by atoms with Crippen molar-refractivity contribution in [2.75, 3.05) is 26.2 Å². The summed E-state index contributed by atoms with van der Waals surface area (Å²) in [4.78, 5) is 15.9. The van der Waals surface area contributed by atoms with Gasteiger partial charge in [-0.05, 0) is 19.4 Å². The van der Waals surface area contributed by atoms with E-state index in [-0.39, 0.29) is 5.91 Å². The Morgan fingerprint density at radius 2 is 1.88 bits per heavy atom. The van der Waals surface area contributed by atoms with Gasteiger partial charge in [0.1, 0.15) is 0 Å². The van der Waals surface area contributed by atoms with Crippen LogP contribution in [0.4, 0.5) is 0 Å². The third kappa shape index (κ3) is 3.07. The highest BCUT2D eigenvalue weighted by molar-refractivity contribution is 5.78. The molecule has 0 aliphatic carbocycles. The van der Waals surface area contributed by atoms with Gasteiger partial charge in [-0.25, -0.2) is 0 Å². The van der Waals surface area contributed by atoms with E-state index in [1.165, 1.54) is 11.1 Å². The van der Waals surface area contributed by atoms with Crippen molar-refractivity contribution in [3.63, 3.8) is 0 Å². The molecule has 1 fully saturated rings. The summed E-state index contributed by atoms with van der Waals surface area (Å²) in [6.45, 7) is 8.23. The first-order valence-electron chi connectivity index (χ1n) is 6.24. The molecule has 1 heterocycles. The van der Waals surface area contributed by atoms with Crippen LogP contribution in [0, 0.1) is 6.92 Å². The molecular formula is C14H20N2O. The second kappa shape index (κ2) is 5.32. The van der Waals surface area contributed by atoms with Gasteiger partial charge in [0.15, 0.2) is 0 Å². The summed E-state index contributed by atoms with van der Waals surface area (Å²) in [5.74, 6) is 0.255. The van der Waals surface area contributed by atoms with Gasteiger partial charge >= 0.3 is 0 Å². The largest absolute Gasteiger partial charge is 0.341 e. The highest BCUT2D eigenvalue weighted by Crippen LogP contribution is 2.10. The van der Waals surface area contributed by atoms with Crippen LogP contribution in [0.5, 0.6) is 0 Å². The predicted molar refractivity (Wildman–Crippen MR) is 68.7 cm³/mol. The minimum absolute atomic E-state index is 0.255. The summed E-state index contributed by atoms with van der Waals surface area (Å²) < 4.78 is 0. The average molecular weight is 232 g/mol. The molecular weight excluding hydrogens is 212 g/mol. The molecule has 0 saturated carbocycles. The van der Waals surface area contributed by atoms with Crippen molar-refractivity contribution < 1.29 is 4.79 Å². The molecule has 0 bridgehead atoms. The lowest BCUT2D eigenvalue weighted by atomic mass is 10.1. The van der Waals surface area contributed by atoms with Crippen molar-refractivity contribution in [3.05, 3.63) is 35.4 Å². The zero-order valence-corrected chi connectivity index (χ0v) is 10.6. The van der Waals surface area contributed by atoms with E-state index in [4.69, 9.17) is 0 Å². The van der Waals surface area contributed by atoms with Crippen molar-refractivity contribution in [1.82, 2.24) is 9.80 Å². The Morgan fingerprint density at radius 1 is 1.18 bits per heavy atom. The molecule has 0 unspecified atom stereocenters. The average Bonchev–Trinajstić information content (AvgIpc) is 2.32. The second-order valence-electron chi connectivity index (χ2n) is 4.67. The van der Waals surface area contributed by atoms with Crippen LogP contribution in [0.3, 0.4) is 0 Å². The third-order valence-corrected chi connectivity index (χ3v) is 3.31. The van der Waals surface area contributed by atoms with E-state index in [1.54, 1.807) is 0 Å². The highest BCUT2D eigenvalue weighted by Gasteiger charge is 2.22. The normalized spacial score (nSPS) is 17.5. The van der Waals surface area contributed by atoms with Gasteiger partial charge in [-0.15, -0.1) is 0 Å². The van der Waals surface area contributed by atoms with Crippen LogP contribution in [0.25, 0.3) is 0 Å². The van der Waals surface area contributed by atoms with Crippen molar-refractivity contribution in [1.29, 1.82) is 0 Å². The first-order chi connectivity index (χ1) is 8.19. The van der Waals surface area contributed by atoms with Crippen LogP contribution < -0.4 is 0 Å². The quantitative estimate of drug-likeness (QED) is 0.791. The number of rotatable bonds is 3. The van der Waals surface area contributed by atoms with Crippen LogP contribution in [-0.4, -0.2) is 41.9 Å². The number of nitrogens with zero attached hydrogens (tertiary/aromatic N) is 2. The molecule has 1 aromatic carbocycles. The first kappa shape index (κ1) is 12.1. The lowest BCUT2D eigenvalue weighted by Crippen LogP contribution is -2.49. The molecule has 0 radical (unpaired) electrons. The minimum Gasteiger partial charge on any atom is -0.341 e. The van der Waals surface area contributed by atoms with Gasteiger partial charge < -0.3 is 4.90 Å². The second-order valence-corrected chi connectivity index (χ2v) is 4.67. The highest BCUT2D eigenvalue weighted by atomic mass is 16.2.